The molecule has 0 saturated heterocycles. The Morgan fingerprint density at radius 1 is 1.24 bits per heavy atom. The van der Waals surface area contributed by atoms with Crippen molar-refractivity contribution < 1.29 is 9.26 Å². The third-order valence-corrected chi connectivity index (χ3v) is 3.35. The Kier molecular flexibility index (Phi) is 5.75. The number of nitrogen functional groups attached to an aromatic ring is 1. The highest BCUT2D eigenvalue weighted by molar-refractivity contribution is 5.46. The summed E-state index contributed by atoms with van der Waals surface area (Å²) in [6.07, 6.45) is 3.33. The second kappa shape index (κ2) is 7.78. The van der Waals surface area contributed by atoms with Crippen LogP contribution in [-0.2, 0) is 17.6 Å². The summed E-state index contributed by atoms with van der Waals surface area (Å²) >= 11 is 0. The largest absolute Gasteiger partial charge is 0.399 e. The number of hydrogen-bond donors (Lipinski definition) is 1. The van der Waals surface area contributed by atoms with Crippen LogP contribution in [0.15, 0.2) is 28.8 Å². The molecular weight excluding hydrogens is 266 g/mol. The van der Waals surface area contributed by atoms with Gasteiger partial charge in [-0.2, -0.15) is 4.98 Å². The van der Waals surface area contributed by atoms with Crippen LogP contribution in [0, 0.1) is 0 Å². The van der Waals surface area contributed by atoms with Crippen LogP contribution in [0.4, 0.5) is 5.69 Å². The lowest BCUT2D eigenvalue weighted by molar-refractivity contribution is 0.0478. The topological polar surface area (TPSA) is 74.2 Å². The number of nitrogens with zero attached hydrogens (tertiary/aromatic N) is 2. The number of aromatic nitrogens is 2. The number of benzene rings is 1. The molecule has 5 heteroatoms. The lowest BCUT2D eigenvalue weighted by Gasteiger charge is -2.11. The summed E-state index contributed by atoms with van der Waals surface area (Å²) in [6.45, 7) is 4.74. The van der Waals surface area contributed by atoms with E-state index in [4.69, 9.17) is 15.0 Å². The maximum Gasteiger partial charge on any atom is 0.227 e. The summed E-state index contributed by atoms with van der Waals surface area (Å²) < 4.78 is 11.0. The summed E-state index contributed by atoms with van der Waals surface area (Å²) in [6, 6.07) is 7.84. The maximum atomic E-state index is 5.93. The molecule has 0 aliphatic heterocycles. The molecule has 0 bridgehead atoms. The van der Waals surface area contributed by atoms with Gasteiger partial charge in [-0.1, -0.05) is 36.7 Å². The molecule has 0 spiro atoms. The molecule has 0 amide bonds. The van der Waals surface area contributed by atoms with Crippen molar-refractivity contribution in [3.63, 3.8) is 0 Å². The van der Waals surface area contributed by atoms with Crippen molar-refractivity contribution in [2.45, 2.75) is 45.6 Å². The van der Waals surface area contributed by atoms with Crippen LogP contribution in [0.3, 0.4) is 0 Å². The number of anilines is 1. The van der Waals surface area contributed by atoms with Gasteiger partial charge >= 0.3 is 0 Å². The number of rotatable bonds is 8. The van der Waals surface area contributed by atoms with E-state index in [-0.39, 0.29) is 6.10 Å². The summed E-state index contributed by atoms with van der Waals surface area (Å²) in [5.74, 6) is 1.28. The van der Waals surface area contributed by atoms with Gasteiger partial charge in [-0.3, -0.25) is 0 Å². The molecule has 1 atom stereocenters. The van der Waals surface area contributed by atoms with Gasteiger partial charge in [-0.25, -0.2) is 0 Å². The van der Waals surface area contributed by atoms with Crippen LogP contribution in [0.1, 0.15) is 50.1 Å². The first-order valence-corrected chi connectivity index (χ1v) is 7.52. The Bertz CT molecular complexity index is 548. The van der Waals surface area contributed by atoms with Gasteiger partial charge in [0.2, 0.25) is 11.7 Å². The van der Waals surface area contributed by atoms with E-state index in [0.29, 0.717) is 24.7 Å². The Morgan fingerprint density at radius 3 is 2.76 bits per heavy atom. The highest BCUT2D eigenvalue weighted by Crippen LogP contribution is 2.20. The van der Waals surface area contributed by atoms with Gasteiger partial charge in [0, 0.05) is 18.7 Å². The molecule has 1 unspecified atom stereocenters. The van der Waals surface area contributed by atoms with Gasteiger partial charge < -0.3 is 15.0 Å². The monoisotopic (exact) mass is 289 g/mol. The predicted molar refractivity (Wildman–Crippen MR) is 81.8 cm³/mol. The van der Waals surface area contributed by atoms with E-state index in [2.05, 4.69) is 17.1 Å². The van der Waals surface area contributed by atoms with Crippen molar-refractivity contribution in [1.29, 1.82) is 0 Å². The Hall–Kier alpha value is -1.88. The first kappa shape index (κ1) is 15.5. The van der Waals surface area contributed by atoms with E-state index >= 15 is 0 Å². The first-order valence-electron chi connectivity index (χ1n) is 7.52. The second-order valence-electron chi connectivity index (χ2n) is 4.98. The van der Waals surface area contributed by atoms with Crippen LogP contribution >= 0.6 is 0 Å². The smallest absolute Gasteiger partial charge is 0.227 e. The highest BCUT2D eigenvalue weighted by atomic mass is 16.5. The normalized spacial score (nSPS) is 12.5. The molecule has 1 heterocycles. The number of hydrogen-bond acceptors (Lipinski definition) is 5. The van der Waals surface area contributed by atoms with Gasteiger partial charge in [0.1, 0.15) is 6.10 Å². The molecule has 114 valence electrons. The third kappa shape index (κ3) is 4.29. The van der Waals surface area contributed by atoms with Gasteiger partial charge in [0.05, 0.1) is 0 Å². The number of ether oxygens (including phenoxy) is 1. The van der Waals surface area contributed by atoms with E-state index in [0.717, 1.165) is 30.5 Å². The fourth-order valence-corrected chi connectivity index (χ4v) is 2.25. The molecule has 1 aromatic heterocycles. The van der Waals surface area contributed by atoms with Crippen LogP contribution < -0.4 is 5.73 Å². The molecule has 21 heavy (non-hydrogen) atoms. The Morgan fingerprint density at radius 2 is 2.05 bits per heavy atom. The summed E-state index contributed by atoms with van der Waals surface area (Å²) in [5, 5.41) is 4.05. The number of para-hydroxylation sites is 1. The molecule has 0 fully saturated rings. The van der Waals surface area contributed by atoms with Gasteiger partial charge in [0.15, 0.2) is 0 Å². The fraction of sp³-hybridized carbons (Fsp3) is 0.500. The van der Waals surface area contributed by atoms with Crippen LogP contribution in [-0.4, -0.2) is 16.7 Å². The minimum absolute atomic E-state index is 0.0701. The summed E-state index contributed by atoms with van der Waals surface area (Å²) in [5.41, 5.74) is 7.84. The Balaban J connectivity index is 1.98. The van der Waals surface area contributed by atoms with Crippen molar-refractivity contribution in [2.24, 2.45) is 0 Å². The molecule has 1 aromatic carbocycles. The fourth-order valence-electron chi connectivity index (χ4n) is 2.25. The molecule has 2 rings (SSSR count). The van der Waals surface area contributed by atoms with Crippen LogP contribution in [0.2, 0.25) is 0 Å². The first-order chi connectivity index (χ1) is 10.2. The summed E-state index contributed by atoms with van der Waals surface area (Å²) in [4.78, 5) is 4.45. The average Bonchev–Trinajstić information content (AvgIpc) is 2.95. The van der Waals surface area contributed by atoms with Gasteiger partial charge in [-0.05, 0) is 31.4 Å². The van der Waals surface area contributed by atoms with Gasteiger partial charge in [0.25, 0.3) is 0 Å². The zero-order chi connectivity index (χ0) is 15.1. The lowest BCUT2D eigenvalue weighted by Crippen LogP contribution is -2.06. The molecule has 2 aromatic rings. The highest BCUT2D eigenvalue weighted by Gasteiger charge is 2.17. The molecular formula is C16H23N3O2. The standard InChI is InChI=1S/C16H23N3O2/c1-3-7-14(20-4-2)16-18-15(21-19-16)11-10-12-8-5-6-9-13(12)17/h5-6,8-9,14H,3-4,7,10-11,17H2,1-2H3. The van der Waals surface area contributed by atoms with Crippen molar-refractivity contribution in [3.8, 4) is 0 Å². The van der Waals surface area contributed by atoms with E-state index in [1.165, 1.54) is 0 Å². The van der Waals surface area contributed by atoms with Crippen molar-refractivity contribution in [3.05, 3.63) is 41.5 Å². The van der Waals surface area contributed by atoms with Crippen LogP contribution in [0.5, 0.6) is 0 Å². The van der Waals surface area contributed by atoms with E-state index in [9.17, 15) is 0 Å². The minimum atomic E-state index is -0.0701. The molecule has 0 aliphatic carbocycles. The predicted octanol–water partition coefficient (Wildman–Crippen LogP) is 3.31. The lowest BCUT2D eigenvalue weighted by atomic mass is 10.1. The average molecular weight is 289 g/mol. The molecule has 0 radical (unpaired) electrons. The van der Waals surface area contributed by atoms with Crippen molar-refractivity contribution in [1.82, 2.24) is 10.1 Å². The van der Waals surface area contributed by atoms with E-state index in [1.54, 1.807) is 0 Å². The van der Waals surface area contributed by atoms with E-state index < -0.39 is 0 Å². The third-order valence-electron chi connectivity index (χ3n) is 3.35. The number of aryl methyl sites for hydroxylation is 2. The summed E-state index contributed by atoms with van der Waals surface area (Å²) in [7, 11) is 0. The van der Waals surface area contributed by atoms with Crippen LogP contribution in [0.25, 0.3) is 0 Å². The van der Waals surface area contributed by atoms with E-state index in [1.807, 2.05) is 31.2 Å². The zero-order valence-electron chi connectivity index (χ0n) is 12.7. The quantitative estimate of drug-likeness (QED) is 0.755. The van der Waals surface area contributed by atoms with Crippen molar-refractivity contribution in [2.75, 3.05) is 12.3 Å². The van der Waals surface area contributed by atoms with Gasteiger partial charge in [-0.15, -0.1) is 0 Å². The minimum Gasteiger partial charge on any atom is -0.399 e. The number of nitrogens with two attached hydrogens (primary N) is 1. The van der Waals surface area contributed by atoms with Crippen molar-refractivity contribution >= 4 is 5.69 Å². The zero-order valence-corrected chi connectivity index (χ0v) is 12.7. The molecule has 0 saturated carbocycles. The molecule has 2 N–H and O–H groups in total. The Labute approximate surface area is 125 Å². The molecule has 0 aliphatic rings. The molecule has 5 nitrogen and oxygen atoms in total. The second-order valence-corrected chi connectivity index (χ2v) is 4.98. The maximum absolute atomic E-state index is 5.93. The SMILES string of the molecule is CCCC(OCC)c1noc(CCc2ccccc2N)n1.